The van der Waals surface area contributed by atoms with Crippen molar-refractivity contribution in [1.29, 1.82) is 0 Å². The third-order valence-corrected chi connectivity index (χ3v) is 2.14. The van der Waals surface area contributed by atoms with Crippen molar-refractivity contribution in [2.24, 2.45) is 11.8 Å². The zero-order chi connectivity index (χ0) is 10.0. The number of allylic oxidation sites excluding steroid dienone is 2. The maximum absolute atomic E-state index is 10.7. The van der Waals surface area contributed by atoms with E-state index in [1.54, 1.807) is 0 Å². The third kappa shape index (κ3) is 1.89. The molecule has 0 saturated carbocycles. The number of halogens is 1. The standard InChI is InChI=1S/C8H7ClO4/c9-5-3-1-2-4(7(10)11)6(5)8(12)13/h1-4,6H,(H,10,11)(H,12,13). The van der Waals surface area contributed by atoms with E-state index >= 15 is 0 Å². The van der Waals surface area contributed by atoms with Gasteiger partial charge in [0.25, 0.3) is 0 Å². The Bertz CT molecular complexity index is 305. The summed E-state index contributed by atoms with van der Waals surface area (Å²) in [7, 11) is 0. The van der Waals surface area contributed by atoms with Gasteiger partial charge in [0.05, 0.1) is 5.92 Å². The molecular formula is C8H7ClO4. The SMILES string of the molecule is O=C(O)C1C=CC=C(Cl)C1C(=O)O. The molecule has 13 heavy (non-hydrogen) atoms. The monoisotopic (exact) mass is 202 g/mol. The summed E-state index contributed by atoms with van der Waals surface area (Å²) in [4.78, 5) is 21.3. The molecule has 0 aromatic rings. The van der Waals surface area contributed by atoms with Crippen molar-refractivity contribution >= 4 is 23.5 Å². The van der Waals surface area contributed by atoms with Gasteiger partial charge in [-0.3, -0.25) is 9.59 Å². The Balaban J connectivity index is 2.99. The fourth-order valence-electron chi connectivity index (χ4n) is 1.15. The minimum absolute atomic E-state index is 0.0439. The zero-order valence-electron chi connectivity index (χ0n) is 6.48. The largest absolute Gasteiger partial charge is 0.481 e. The molecule has 0 aromatic carbocycles. The molecule has 70 valence electrons. The smallest absolute Gasteiger partial charge is 0.313 e. The molecule has 2 N–H and O–H groups in total. The highest BCUT2D eigenvalue weighted by Gasteiger charge is 2.35. The number of hydrogen-bond acceptors (Lipinski definition) is 2. The Morgan fingerprint density at radius 2 is 1.92 bits per heavy atom. The van der Waals surface area contributed by atoms with Crippen LogP contribution in [0.5, 0.6) is 0 Å². The highest BCUT2D eigenvalue weighted by Crippen LogP contribution is 2.29. The van der Waals surface area contributed by atoms with E-state index in [1.807, 2.05) is 0 Å². The fraction of sp³-hybridized carbons (Fsp3) is 0.250. The topological polar surface area (TPSA) is 74.6 Å². The van der Waals surface area contributed by atoms with E-state index in [1.165, 1.54) is 18.2 Å². The average molecular weight is 203 g/mol. The summed E-state index contributed by atoms with van der Waals surface area (Å²) in [6.45, 7) is 0. The van der Waals surface area contributed by atoms with Crippen LogP contribution in [0.1, 0.15) is 0 Å². The van der Waals surface area contributed by atoms with Crippen molar-refractivity contribution in [2.75, 3.05) is 0 Å². The first-order valence-corrected chi connectivity index (χ1v) is 3.91. The first-order valence-electron chi connectivity index (χ1n) is 3.53. The van der Waals surface area contributed by atoms with Crippen LogP contribution in [0.3, 0.4) is 0 Å². The van der Waals surface area contributed by atoms with Gasteiger partial charge in [-0.2, -0.15) is 0 Å². The van der Waals surface area contributed by atoms with Crippen molar-refractivity contribution < 1.29 is 19.8 Å². The van der Waals surface area contributed by atoms with Crippen LogP contribution in [0, 0.1) is 11.8 Å². The molecule has 0 heterocycles. The summed E-state index contributed by atoms with van der Waals surface area (Å²) in [5.74, 6) is -4.65. The minimum atomic E-state index is -1.22. The Morgan fingerprint density at radius 1 is 1.31 bits per heavy atom. The van der Waals surface area contributed by atoms with Crippen molar-refractivity contribution in [1.82, 2.24) is 0 Å². The van der Waals surface area contributed by atoms with E-state index in [4.69, 9.17) is 21.8 Å². The second-order valence-corrected chi connectivity index (χ2v) is 3.05. The van der Waals surface area contributed by atoms with E-state index in [2.05, 4.69) is 0 Å². The van der Waals surface area contributed by atoms with Gasteiger partial charge in [0.1, 0.15) is 5.92 Å². The lowest BCUT2D eigenvalue weighted by Gasteiger charge is -2.19. The number of carboxylic acids is 2. The summed E-state index contributed by atoms with van der Waals surface area (Å²) >= 11 is 5.58. The maximum Gasteiger partial charge on any atom is 0.313 e. The molecule has 0 radical (unpaired) electrons. The van der Waals surface area contributed by atoms with Crippen LogP contribution in [0.15, 0.2) is 23.3 Å². The highest BCUT2D eigenvalue weighted by atomic mass is 35.5. The van der Waals surface area contributed by atoms with E-state index in [0.717, 1.165) is 0 Å². The summed E-state index contributed by atoms with van der Waals surface area (Å²) in [5.41, 5.74) is 0. The quantitative estimate of drug-likeness (QED) is 0.703. The second kappa shape index (κ2) is 3.62. The highest BCUT2D eigenvalue weighted by molar-refractivity contribution is 6.31. The van der Waals surface area contributed by atoms with Gasteiger partial charge in [-0.1, -0.05) is 23.8 Å². The second-order valence-electron chi connectivity index (χ2n) is 2.62. The first-order chi connectivity index (χ1) is 6.04. The van der Waals surface area contributed by atoms with E-state index in [0.29, 0.717) is 0 Å². The number of carboxylic acid groups (broad SMARTS) is 2. The molecule has 2 atom stereocenters. The Morgan fingerprint density at radius 3 is 2.31 bits per heavy atom. The molecule has 0 saturated heterocycles. The van der Waals surface area contributed by atoms with Crippen LogP contribution < -0.4 is 0 Å². The van der Waals surface area contributed by atoms with Crippen LogP contribution in [-0.2, 0) is 9.59 Å². The van der Waals surface area contributed by atoms with Gasteiger partial charge < -0.3 is 10.2 Å². The molecule has 0 amide bonds. The zero-order valence-corrected chi connectivity index (χ0v) is 7.23. The molecule has 0 aliphatic heterocycles. The molecule has 4 nitrogen and oxygen atoms in total. The van der Waals surface area contributed by atoms with E-state index < -0.39 is 23.8 Å². The summed E-state index contributed by atoms with van der Waals surface area (Å²) in [6, 6.07) is 0. The van der Waals surface area contributed by atoms with Crippen LogP contribution in [0.4, 0.5) is 0 Å². The maximum atomic E-state index is 10.7. The molecule has 1 rings (SSSR count). The summed E-state index contributed by atoms with van der Waals surface area (Å²) in [6.07, 6.45) is 4.15. The molecule has 5 heteroatoms. The Labute approximate surface area is 79.1 Å². The van der Waals surface area contributed by atoms with Gasteiger partial charge in [0, 0.05) is 5.03 Å². The van der Waals surface area contributed by atoms with Gasteiger partial charge in [0.2, 0.25) is 0 Å². The fourth-order valence-corrected chi connectivity index (χ4v) is 1.45. The average Bonchev–Trinajstić information content (AvgIpc) is 2.02. The Kier molecular flexibility index (Phi) is 2.72. The van der Waals surface area contributed by atoms with E-state index in [9.17, 15) is 9.59 Å². The molecule has 1 aliphatic carbocycles. The van der Waals surface area contributed by atoms with Crippen molar-refractivity contribution in [3.8, 4) is 0 Å². The van der Waals surface area contributed by atoms with Crippen molar-refractivity contribution in [3.05, 3.63) is 23.3 Å². The third-order valence-electron chi connectivity index (χ3n) is 1.78. The normalized spacial score (nSPS) is 26.7. The molecule has 0 bridgehead atoms. The lowest BCUT2D eigenvalue weighted by atomic mass is 9.88. The number of hydrogen-bond donors (Lipinski definition) is 2. The van der Waals surface area contributed by atoms with Gasteiger partial charge >= 0.3 is 11.9 Å². The van der Waals surface area contributed by atoms with Crippen molar-refractivity contribution in [2.45, 2.75) is 0 Å². The minimum Gasteiger partial charge on any atom is -0.481 e. The lowest BCUT2D eigenvalue weighted by molar-refractivity contribution is -0.150. The van der Waals surface area contributed by atoms with Crippen LogP contribution in [-0.4, -0.2) is 22.2 Å². The molecule has 0 spiro atoms. The van der Waals surface area contributed by atoms with Crippen LogP contribution in [0.2, 0.25) is 0 Å². The molecule has 0 aromatic heterocycles. The first kappa shape index (κ1) is 9.80. The van der Waals surface area contributed by atoms with Gasteiger partial charge in [-0.25, -0.2) is 0 Å². The molecule has 2 unspecified atom stereocenters. The van der Waals surface area contributed by atoms with Crippen molar-refractivity contribution in [3.63, 3.8) is 0 Å². The lowest BCUT2D eigenvalue weighted by Crippen LogP contribution is -2.30. The molecule has 0 fully saturated rings. The number of rotatable bonds is 2. The number of carbonyl (C=O) groups is 2. The molecule has 1 aliphatic rings. The Hall–Kier alpha value is -1.29. The van der Waals surface area contributed by atoms with Gasteiger partial charge in [-0.15, -0.1) is 0 Å². The summed E-state index contributed by atoms with van der Waals surface area (Å²) < 4.78 is 0. The predicted octanol–water partition coefficient (Wildman–Crippen LogP) is 1.08. The van der Waals surface area contributed by atoms with E-state index in [-0.39, 0.29) is 5.03 Å². The van der Waals surface area contributed by atoms with Crippen LogP contribution >= 0.6 is 11.6 Å². The van der Waals surface area contributed by atoms with Gasteiger partial charge in [0.15, 0.2) is 0 Å². The summed E-state index contributed by atoms with van der Waals surface area (Å²) in [5, 5.41) is 17.4. The van der Waals surface area contributed by atoms with Gasteiger partial charge in [-0.05, 0) is 6.08 Å². The molecular weight excluding hydrogens is 196 g/mol. The number of aliphatic carboxylic acids is 2. The van der Waals surface area contributed by atoms with Crippen LogP contribution in [0.25, 0.3) is 0 Å². The predicted molar refractivity (Wildman–Crippen MR) is 45.3 cm³/mol.